The second-order valence-corrected chi connectivity index (χ2v) is 4.50. The Kier molecular flexibility index (Phi) is 7.21. The van der Waals surface area contributed by atoms with Gasteiger partial charge < -0.3 is 5.11 Å². The van der Waals surface area contributed by atoms with Crippen molar-refractivity contribution < 1.29 is 14.7 Å². The topological polar surface area (TPSA) is 54.4 Å². The van der Waals surface area contributed by atoms with Crippen molar-refractivity contribution in [2.45, 2.75) is 19.8 Å². The number of rotatable bonds is 3. The lowest BCUT2D eigenvalue weighted by molar-refractivity contribution is -0.140. The Morgan fingerprint density at radius 3 is 2.42 bits per heavy atom. The van der Waals surface area contributed by atoms with Gasteiger partial charge >= 0.3 is 5.97 Å². The number of carboxylic acids is 1. The van der Waals surface area contributed by atoms with Crippen molar-refractivity contribution in [2.75, 3.05) is 0 Å². The first-order chi connectivity index (χ1) is 8.41. The van der Waals surface area contributed by atoms with E-state index in [9.17, 15) is 9.59 Å². The standard InChI is InChI=1S/C14H13ClO3.ClH/c1-9(2)6-7-10-4-3-5-11(8-10)12(13(15)16)14(17)18;/h3-5,8-9,12H,1-2H3,(H,17,18);1H. The molecule has 0 saturated carbocycles. The highest BCUT2D eigenvalue weighted by Gasteiger charge is 2.26. The molecule has 1 unspecified atom stereocenters. The van der Waals surface area contributed by atoms with E-state index in [0.29, 0.717) is 11.1 Å². The largest absolute Gasteiger partial charge is 0.480 e. The van der Waals surface area contributed by atoms with Gasteiger partial charge in [0.15, 0.2) is 5.92 Å². The SMILES string of the molecule is CC(C)C#Cc1cccc(C(C(=O)O)C(=O)Cl)c1.Cl. The Hall–Kier alpha value is -1.50. The molecule has 102 valence electrons. The fraction of sp³-hybridized carbons (Fsp3) is 0.286. The summed E-state index contributed by atoms with van der Waals surface area (Å²) in [6.07, 6.45) is 0. The van der Waals surface area contributed by atoms with Gasteiger partial charge in [-0.15, -0.1) is 12.4 Å². The number of benzene rings is 1. The molecule has 0 fully saturated rings. The highest BCUT2D eigenvalue weighted by Crippen LogP contribution is 2.20. The molecule has 1 aromatic rings. The second-order valence-electron chi connectivity index (χ2n) is 4.12. The second kappa shape index (κ2) is 7.83. The normalized spacial score (nSPS) is 10.9. The van der Waals surface area contributed by atoms with Crippen LogP contribution in [0.1, 0.15) is 30.9 Å². The lowest BCUT2D eigenvalue weighted by Gasteiger charge is -2.07. The summed E-state index contributed by atoms with van der Waals surface area (Å²) in [6.45, 7) is 3.92. The van der Waals surface area contributed by atoms with Crippen molar-refractivity contribution in [3.8, 4) is 11.8 Å². The van der Waals surface area contributed by atoms with Crippen LogP contribution in [-0.4, -0.2) is 16.3 Å². The van der Waals surface area contributed by atoms with Crippen molar-refractivity contribution in [2.24, 2.45) is 5.92 Å². The molecule has 3 nitrogen and oxygen atoms in total. The van der Waals surface area contributed by atoms with Gasteiger partial charge in [-0.25, -0.2) is 0 Å². The third-order valence-corrected chi connectivity index (χ3v) is 2.42. The predicted molar refractivity (Wildman–Crippen MR) is 76.6 cm³/mol. The molecule has 5 heteroatoms. The number of carbonyl (C=O) groups excluding carboxylic acids is 1. The molecular weight excluding hydrogens is 287 g/mol. The van der Waals surface area contributed by atoms with E-state index < -0.39 is 17.1 Å². The third-order valence-electron chi connectivity index (χ3n) is 2.20. The fourth-order valence-corrected chi connectivity index (χ4v) is 1.61. The summed E-state index contributed by atoms with van der Waals surface area (Å²) < 4.78 is 0. The van der Waals surface area contributed by atoms with Gasteiger partial charge in [0, 0.05) is 11.5 Å². The predicted octanol–water partition coefficient (Wildman–Crippen LogP) is 3.05. The van der Waals surface area contributed by atoms with Crippen molar-refractivity contribution >= 4 is 35.2 Å². The zero-order valence-corrected chi connectivity index (χ0v) is 12.1. The van der Waals surface area contributed by atoms with Crippen molar-refractivity contribution in [1.29, 1.82) is 0 Å². The molecule has 0 aliphatic rings. The van der Waals surface area contributed by atoms with E-state index in [0.717, 1.165) is 0 Å². The van der Waals surface area contributed by atoms with Crippen molar-refractivity contribution in [3.05, 3.63) is 35.4 Å². The van der Waals surface area contributed by atoms with Crippen molar-refractivity contribution in [1.82, 2.24) is 0 Å². The first-order valence-electron chi connectivity index (χ1n) is 5.45. The monoisotopic (exact) mass is 300 g/mol. The van der Waals surface area contributed by atoms with E-state index in [1.165, 1.54) is 0 Å². The molecule has 1 aromatic carbocycles. The molecule has 19 heavy (non-hydrogen) atoms. The van der Waals surface area contributed by atoms with Gasteiger partial charge in [-0.1, -0.05) is 37.8 Å². The number of carboxylic acid groups (broad SMARTS) is 1. The van der Waals surface area contributed by atoms with Crippen LogP contribution in [0.3, 0.4) is 0 Å². The first kappa shape index (κ1) is 17.5. The Bertz CT molecular complexity index is 513. The average Bonchev–Trinajstić information content (AvgIpc) is 2.26. The molecule has 0 heterocycles. The van der Waals surface area contributed by atoms with Gasteiger partial charge in [-0.2, -0.15) is 0 Å². The summed E-state index contributed by atoms with van der Waals surface area (Å²) in [5.41, 5.74) is 1.02. The highest BCUT2D eigenvalue weighted by atomic mass is 35.5. The lowest BCUT2D eigenvalue weighted by Crippen LogP contribution is -2.17. The van der Waals surface area contributed by atoms with Gasteiger partial charge in [-0.3, -0.25) is 9.59 Å². The molecule has 0 bridgehead atoms. The molecule has 0 saturated heterocycles. The zero-order chi connectivity index (χ0) is 13.7. The number of hydrogen-bond acceptors (Lipinski definition) is 2. The molecule has 0 aromatic heterocycles. The minimum absolute atomic E-state index is 0. The third kappa shape index (κ3) is 5.34. The van der Waals surface area contributed by atoms with Crippen LogP contribution in [-0.2, 0) is 9.59 Å². The molecule has 0 amide bonds. The van der Waals surface area contributed by atoms with Gasteiger partial charge in [0.2, 0.25) is 5.24 Å². The summed E-state index contributed by atoms with van der Waals surface area (Å²) in [6, 6.07) is 6.56. The summed E-state index contributed by atoms with van der Waals surface area (Å²) in [5.74, 6) is 3.51. The van der Waals surface area contributed by atoms with Crippen LogP contribution in [0.5, 0.6) is 0 Å². The fourth-order valence-electron chi connectivity index (χ4n) is 1.39. The molecule has 0 radical (unpaired) electrons. The van der Waals surface area contributed by atoms with Crippen LogP contribution >= 0.6 is 24.0 Å². The van der Waals surface area contributed by atoms with Crippen molar-refractivity contribution in [3.63, 3.8) is 0 Å². The molecule has 1 atom stereocenters. The van der Waals surface area contributed by atoms with Crippen LogP contribution in [0.2, 0.25) is 0 Å². The molecule has 0 aliphatic heterocycles. The minimum Gasteiger partial charge on any atom is -0.480 e. The summed E-state index contributed by atoms with van der Waals surface area (Å²) in [7, 11) is 0. The summed E-state index contributed by atoms with van der Waals surface area (Å²) in [4.78, 5) is 22.1. The van der Waals surface area contributed by atoms with E-state index >= 15 is 0 Å². The molecular formula is C14H14Cl2O3. The lowest BCUT2D eigenvalue weighted by atomic mass is 9.98. The van der Waals surface area contributed by atoms with Crippen LogP contribution < -0.4 is 0 Å². The van der Waals surface area contributed by atoms with Crippen LogP contribution in [0.4, 0.5) is 0 Å². The van der Waals surface area contributed by atoms with Gasteiger partial charge in [0.1, 0.15) is 0 Å². The van der Waals surface area contributed by atoms with E-state index in [-0.39, 0.29) is 18.3 Å². The molecule has 1 N–H and O–H groups in total. The Morgan fingerprint density at radius 2 is 1.95 bits per heavy atom. The Morgan fingerprint density at radius 1 is 1.32 bits per heavy atom. The maximum atomic E-state index is 11.1. The quantitative estimate of drug-likeness (QED) is 0.530. The number of aliphatic carboxylic acids is 1. The number of carbonyl (C=O) groups is 2. The summed E-state index contributed by atoms with van der Waals surface area (Å²) >= 11 is 5.30. The van der Waals surface area contributed by atoms with E-state index in [2.05, 4.69) is 11.8 Å². The maximum Gasteiger partial charge on any atom is 0.319 e. The van der Waals surface area contributed by atoms with Crippen LogP contribution in [0.25, 0.3) is 0 Å². The molecule has 0 aliphatic carbocycles. The maximum absolute atomic E-state index is 11.1. The molecule has 1 rings (SSSR count). The van der Waals surface area contributed by atoms with E-state index in [4.69, 9.17) is 16.7 Å². The summed E-state index contributed by atoms with van der Waals surface area (Å²) in [5, 5.41) is 8.06. The van der Waals surface area contributed by atoms with Gasteiger partial charge in [0.05, 0.1) is 0 Å². The Balaban J connectivity index is 0.00000324. The minimum atomic E-state index is -1.34. The molecule has 0 spiro atoms. The smallest absolute Gasteiger partial charge is 0.319 e. The first-order valence-corrected chi connectivity index (χ1v) is 5.83. The van der Waals surface area contributed by atoms with Crippen LogP contribution in [0.15, 0.2) is 24.3 Å². The zero-order valence-electron chi connectivity index (χ0n) is 10.5. The Labute approximate surface area is 123 Å². The van der Waals surface area contributed by atoms with Crippen LogP contribution in [0, 0.1) is 17.8 Å². The van der Waals surface area contributed by atoms with E-state index in [1.807, 2.05) is 13.8 Å². The number of hydrogen-bond donors (Lipinski definition) is 1. The highest BCUT2D eigenvalue weighted by molar-refractivity contribution is 6.66. The van der Waals surface area contributed by atoms with Gasteiger partial charge in [-0.05, 0) is 29.3 Å². The van der Waals surface area contributed by atoms with Gasteiger partial charge in [0.25, 0.3) is 0 Å². The van der Waals surface area contributed by atoms with E-state index in [1.54, 1.807) is 24.3 Å². The number of halogens is 2. The average molecular weight is 301 g/mol.